The molecule has 0 aliphatic carbocycles. The largest absolute Gasteiger partial charge is 0.486 e. The first-order valence-electron chi connectivity index (χ1n) is 9.40. The summed E-state index contributed by atoms with van der Waals surface area (Å²) in [4.78, 5) is 14.9. The third-order valence-electron chi connectivity index (χ3n) is 4.87. The highest BCUT2D eigenvalue weighted by atomic mass is 16.6. The lowest BCUT2D eigenvalue weighted by Crippen LogP contribution is -2.27. The predicted molar refractivity (Wildman–Crippen MR) is 110 cm³/mol. The number of carbonyl (C=O) groups is 1. The average molecular weight is 384 g/mol. The molecule has 3 aromatic carbocycles. The molecule has 0 saturated carbocycles. The molecule has 5 heteroatoms. The molecule has 0 radical (unpaired) electrons. The Hall–Kier alpha value is -3.78. The second kappa shape index (κ2) is 8.07. The number of fused-ring (bicyclic) bond motifs is 1. The lowest BCUT2D eigenvalue weighted by Gasteiger charge is -2.22. The van der Waals surface area contributed by atoms with Gasteiger partial charge in [-0.05, 0) is 35.4 Å². The summed E-state index contributed by atoms with van der Waals surface area (Å²) in [5, 5.41) is 9.44. The first-order valence-corrected chi connectivity index (χ1v) is 9.40. The van der Waals surface area contributed by atoms with E-state index >= 15 is 0 Å². The number of hydrogen-bond acceptors (Lipinski definition) is 4. The Morgan fingerprint density at radius 2 is 1.66 bits per heavy atom. The molecular weight excluding hydrogens is 364 g/mol. The van der Waals surface area contributed by atoms with Crippen LogP contribution < -0.4 is 9.47 Å². The van der Waals surface area contributed by atoms with E-state index in [0.717, 1.165) is 22.4 Å². The number of hydrogen-bond donors (Lipinski definition) is 0. The molecule has 1 aliphatic heterocycles. The van der Waals surface area contributed by atoms with Crippen LogP contribution in [0.2, 0.25) is 0 Å². The molecule has 1 aliphatic rings. The maximum atomic E-state index is 13.2. The van der Waals surface area contributed by atoms with Crippen molar-refractivity contribution in [2.75, 3.05) is 20.3 Å². The fourth-order valence-corrected chi connectivity index (χ4v) is 3.46. The summed E-state index contributed by atoms with van der Waals surface area (Å²) in [7, 11) is 1.77. The molecule has 0 bridgehead atoms. The topological polar surface area (TPSA) is 62.6 Å². The summed E-state index contributed by atoms with van der Waals surface area (Å²) in [5.74, 6) is 1.33. The van der Waals surface area contributed by atoms with Crippen LogP contribution in [0.1, 0.15) is 21.5 Å². The second-order valence-corrected chi connectivity index (χ2v) is 6.84. The van der Waals surface area contributed by atoms with E-state index in [9.17, 15) is 10.1 Å². The third-order valence-corrected chi connectivity index (χ3v) is 4.87. The van der Waals surface area contributed by atoms with Crippen molar-refractivity contribution in [3.05, 3.63) is 83.4 Å². The highest BCUT2D eigenvalue weighted by molar-refractivity contribution is 6.01. The number of nitriles is 1. The Labute approximate surface area is 169 Å². The lowest BCUT2D eigenvalue weighted by molar-refractivity contribution is 0.0785. The standard InChI is InChI=1S/C24H20N2O3/c1-26(16-17-10-11-22-23(14-17)29-13-12-28-22)24(27)21-9-5-4-8-20(21)19-7-3-2-6-18(19)15-25/h2-11,14H,12-13,16H2,1H3. The fraction of sp³-hybridized carbons (Fsp3) is 0.167. The molecule has 0 atom stereocenters. The van der Waals surface area contributed by atoms with Crippen LogP contribution in [0.4, 0.5) is 0 Å². The number of benzene rings is 3. The van der Waals surface area contributed by atoms with Crippen molar-refractivity contribution >= 4 is 5.91 Å². The molecule has 0 N–H and O–H groups in total. The molecule has 5 nitrogen and oxygen atoms in total. The minimum absolute atomic E-state index is 0.108. The normalized spacial score (nSPS) is 12.1. The molecule has 29 heavy (non-hydrogen) atoms. The Balaban J connectivity index is 1.61. The van der Waals surface area contributed by atoms with Gasteiger partial charge < -0.3 is 14.4 Å². The van der Waals surface area contributed by atoms with Gasteiger partial charge in [-0.2, -0.15) is 5.26 Å². The Morgan fingerprint density at radius 1 is 0.966 bits per heavy atom. The van der Waals surface area contributed by atoms with Crippen LogP contribution in [0.5, 0.6) is 11.5 Å². The van der Waals surface area contributed by atoms with Crippen LogP contribution in [-0.4, -0.2) is 31.1 Å². The van der Waals surface area contributed by atoms with Gasteiger partial charge in [0.25, 0.3) is 5.91 Å². The lowest BCUT2D eigenvalue weighted by atomic mass is 9.95. The number of nitrogens with zero attached hydrogens (tertiary/aromatic N) is 2. The van der Waals surface area contributed by atoms with Crippen LogP contribution in [0.25, 0.3) is 11.1 Å². The zero-order valence-electron chi connectivity index (χ0n) is 16.1. The Kier molecular flexibility index (Phi) is 5.17. The number of ether oxygens (including phenoxy) is 2. The third kappa shape index (κ3) is 3.78. The zero-order valence-corrected chi connectivity index (χ0v) is 16.1. The highest BCUT2D eigenvalue weighted by Gasteiger charge is 2.19. The van der Waals surface area contributed by atoms with Crippen molar-refractivity contribution in [3.63, 3.8) is 0 Å². The van der Waals surface area contributed by atoms with Gasteiger partial charge in [-0.25, -0.2) is 0 Å². The maximum absolute atomic E-state index is 13.2. The first kappa shape index (κ1) is 18.6. The molecule has 0 aromatic heterocycles. The van der Waals surface area contributed by atoms with Crippen molar-refractivity contribution in [2.24, 2.45) is 0 Å². The van der Waals surface area contributed by atoms with Crippen LogP contribution >= 0.6 is 0 Å². The van der Waals surface area contributed by atoms with Gasteiger partial charge in [0.2, 0.25) is 0 Å². The molecule has 0 fully saturated rings. The van der Waals surface area contributed by atoms with E-state index in [4.69, 9.17) is 9.47 Å². The van der Waals surface area contributed by atoms with E-state index in [1.54, 1.807) is 24.1 Å². The Bertz CT molecular complexity index is 1100. The molecule has 0 spiro atoms. The van der Waals surface area contributed by atoms with E-state index in [1.165, 1.54) is 0 Å². The van der Waals surface area contributed by atoms with Crippen LogP contribution in [0, 0.1) is 11.3 Å². The van der Waals surface area contributed by atoms with Crippen LogP contribution in [0.3, 0.4) is 0 Å². The summed E-state index contributed by atoms with van der Waals surface area (Å²) in [6, 6.07) is 22.6. The van der Waals surface area contributed by atoms with Gasteiger partial charge >= 0.3 is 0 Å². The maximum Gasteiger partial charge on any atom is 0.254 e. The van der Waals surface area contributed by atoms with E-state index in [-0.39, 0.29) is 5.91 Å². The van der Waals surface area contributed by atoms with Gasteiger partial charge in [0, 0.05) is 24.7 Å². The zero-order chi connectivity index (χ0) is 20.2. The molecule has 4 rings (SSSR count). The highest BCUT2D eigenvalue weighted by Crippen LogP contribution is 2.32. The van der Waals surface area contributed by atoms with E-state index in [2.05, 4.69) is 6.07 Å². The Morgan fingerprint density at radius 3 is 2.45 bits per heavy atom. The quantitative estimate of drug-likeness (QED) is 0.674. The van der Waals surface area contributed by atoms with Crippen molar-refractivity contribution < 1.29 is 14.3 Å². The van der Waals surface area contributed by atoms with E-state index in [1.807, 2.05) is 54.6 Å². The average Bonchev–Trinajstić information content (AvgIpc) is 2.78. The monoisotopic (exact) mass is 384 g/mol. The minimum atomic E-state index is -0.108. The number of carbonyl (C=O) groups excluding carboxylic acids is 1. The SMILES string of the molecule is CN(Cc1ccc2c(c1)OCCO2)C(=O)c1ccccc1-c1ccccc1C#N. The smallest absolute Gasteiger partial charge is 0.254 e. The second-order valence-electron chi connectivity index (χ2n) is 6.84. The summed E-state index contributed by atoms with van der Waals surface area (Å²) in [6.45, 7) is 1.51. The van der Waals surface area contributed by atoms with E-state index in [0.29, 0.717) is 36.6 Å². The first-order chi connectivity index (χ1) is 14.2. The van der Waals surface area contributed by atoms with Crippen LogP contribution in [0.15, 0.2) is 66.7 Å². The molecule has 0 unspecified atom stereocenters. The van der Waals surface area contributed by atoms with Crippen molar-refractivity contribution in [1.82, 2.24) is 4.90 Å². The van der Waals surface area contributed by atoms with Gasteiger partial charge in [-0.3, -0.25) is 4.79 Å². The molecule has 144 valence electrons. The van der Waals surface area contributed by atoms with Gasteiger partial charge in [0.05, 0.1) is 11.6 Å². The van der Waals surface area contributed by atoms with Crippen molar-refractivity contribution in [1.29, 1.82) is 5.26 Å². The van der Waals surface area contributed by atoms with Gasteiger partial charge in [-0.1, -0.05) is 42.5 Å². The van der Waals surface area contributed by atoms with Crippen LogP contribution in [-0.2, 0) is 6.54 Å². The molecule has 3 aromatic rings. The summed E-state index contributed by atoms with van der Waals surface area (Å²) < 4.78 is 11.2. The van der Waals surface area contributed by atoms with Gasteiger partial charge in [0.1, 0.15) is 13.2 Å². The molecular formula is C24H20N2O3. The summed E-state index contributed by atoms with van der Waals surface area (Å²) >= 11 is 0. The molecule has 1 amide bonds. The molecule has 1 heterocycles. The molecule has 0 saturated heterocycles. The number of amides is 1. The van der Waals surface area contributed by atoms with Gasteiger partial charge in [0.15, 0.2) is 11.5 Å². The van der Waals surface area contributed by atoms with Crippen molar-refractivity contribution in [2.45, 2.75) is 6.54 Å². The van der Waals surface area contributed by atoms with Crippen molar-refractivity contribution in [3.8, 4) is 28.7 Å². The fourth-order valence-electron chi connectivity index (χ4n) is 3.46. The summed E-state index contributed by atoms with van der Waals surface area (Å²) in [5.41, 5.74) is 3.58. The van der Waals surface area contributed by atoms with E-state index < -0.39 is 0 Å². The predicted octanol–water partition coefficient (Wildman–Crippen LogP) is 4.27. The number of rotatable bonds is 4. The van der Waals surface area contributed by atoms with Gasteiger partial charge in [-0.15, -0.1) is 0 Å². The minimum Gasteiger partial charge on any atom is -0.486 e. The summed E-state index contributed by atoms with van der Waals surface area (Å²) in [6.07, 6.45) is 0.